The zero-order valence-electron chi connectivity index (χ0n) is 7.95. The van der Waals surface area contributed by atoms with Crippen molar-refractivity contribution in [2.75, 3.05) is 13.2 Å². The van der Waals surface area contributed by atoms with E-state index in [0.717, 1.165) is 12.0 Å². The topological polar surface area (TPSA) is 35.2 Å². The van der Waals surface area contributed by atoms with E-state index in [0.29, 0.717) is 13.2 Å². The molecule has 0 radical (unpaired) electrons. The maximum absolute atomic E-state index is 13.0. The highest BCUT2D eigenvalue weighted by Crippen LogP contribution is 2.24. The Hall–Kier alpha value is -0.930. The summed E-state index contributed by atoms with van der Waals surface area (Å²) in [5.41, 5.74) is 6.90. The monoisotopic (exact) mass is 195 g/mol. The van der Waals surface area contributed by atoms with Gasteiger partial charge in [-0.2, -0.15) is 0 Å². The van der Waals surface area contributed by atoms with E-state index in [1.54, 1.807) is 12.1 Å². The van der Waals surface area contributed by atoms with E-state index in [2.05, 4.69) is 0 Å². The molecule has 1 aromatic carbocycles. The molecule has 1 aromatic rings. The van der Waals surface area contributed by atoms with Gasteiger partial charge in [-0.25, -0.2) is 4.39 Å². The lowest BCUT2D eigenvalue weighted by Crippen LogP contribution is -2.36. The first-order valence-electron chi connectivity index (χ1n) is 4.86. The molecule has 1 aliphatic rings. The van der Waals surface area contributed by atoms with Gasteiger partial charge in [-0.1, -0.05) is 12.1 Å². The van der Waals surface area contributed by atoms with Crippen LogP contribution in [0.4, 0.5) is 4.39 Å². The fraction of sp³-hybridized carbons (Fsp3) is 0.455. The third kappa shape index (κ3) is 1.94. The fourth-order valence-corrected chi connectivity index (χ4v) is 1.84. The van der Waals surface area contributed by atoms with Gasteiger partial charge in [0.25, 0.3) is 0 Å². The highest BCUT2D eigenvalue weighted by Gasteiger charge is 2.23. The maximum Gasteiger partial charge on any atom is 0.123 e. The number of hydrogen-bond acceptors (Lipinski definition) is 2. The highest BCUT2D eigenvalue weighted by atomic mass is 19.1. The van der Waals surface area contributed by atoms with Crippen LogP contribution in [0.1, 0.15) is 17.9 Å². The van der Waals surface area contributed by atoms with E-state index in [1.807, 2.05) is 6.07 Å². The van der Waals surface area contributed by atoms with Gasteiger partial charge < -0.3 is 10.5 Å². The van der Waals surface area contributed by atoms with Crippen molar-refractivity contribution in [1.82, 2.24) is 0 Å². The maximum atomic E-state index is 13.0. The molecule has 2 atom stereocenters. The van der Waals surface area contributed by atoms with Crippen molar-refractivity contribution < 1.29 is 9.13 Å². The molecule has 1 heterocycles. The van der Waals surface area contributed by atoms with Crippen molar-refractivity contribution in [2.45, 2.75) is 18.4 Å². The molecule has 14 heavy (non-hydrogen) atoms. The standard InChI is InChI=1S/C11H14FNO/c12-9-3-1-2-8(6-9)10-7-14-5-4-11(10)13/h1-3,6,10-11H,4-5,7,13H2. The Morgan fingerprint density at radius 2 is 2.29 bits per heavy atom. The first-order valence-corrected chi connectivity index (χ1v) is 4.86. The average molecular weight is 195 g/mol. The van der Waals surface area contributed by atoms with Crippen LogP contribution >= 0.6 is 0 Å². The Balaban J connectivity index is 2.20. The number of halogens is 1. The second kappa shape index (κ2) is 4.07. The Morgan fingerprint density at radius 3 is 3.00 bits per heavy atom. The first-order chi connectivity index (χ1) is 6.77. The first kappa shape index (κ1) is 9.62. The molecule has 2 nitrogen and oxygen atoms in total. The van der Waals surface area contributed by atoms with Gasteiger partial charge in [-0.3, -0.25) is 0 Å². The zero-order valence-corrected chi connectivity index (χ0v) is 7.95. The molecule has 2 N–H and O–H groups in total. The Bertz CT molecular complexity index is 316. The summed E-state index contributed by atoms with van der Waals surface area (Å²) < 4.78 is 18.3. The molecule has 1 aliphatic heterocycles. The molecule has 0 aromatic heterocycles. The summed E-state index contributed by atoms with van der Waals surface area (Å²) in [5.74, 6) is -0.0697. The molecule has 0 saturated carbocycles. The highest BCUT2D eigenvalue weighted by molar-refractivity contribution is 5.22. The molecule has 0 aliphatic carbocycles. The lowest BCUT2D eigenvalue weighted by Gasteiger charge is -2.28. The normalized spacial score (nSPS) is 27.6. The van der Waals surface area contributed by atoms with Gasteiger partial charge in [0.15, 0.2) is 0 Å². The van der Waals surface area contributed by atoms with Gasteiger partial charge in [-0.15, -0.1) is 0 Å². The van der Waals surface area contributed by atoms with Crippen LogP contribution in [0.3, 0.4) is 0 Å². The lowest BCUT2D eigenvalue weighted by molar-refractivity contribution is 0.0691. The van der Waals surface area contributed by atoms with E-state index in [9.17, 15) is 4.39 Å². The fourth-order valence-electron chi connectivity index (χ4n) is 1.84. The SMILES string of the molecule is NC1CCOCC1c1cccc(F)c1. The van der Waals surface area contributed by atoms with Gasteiger partial charge in [0.1, 0.15) is 5.82 Å². The van der Waals surface area contributed by atoms with E-state index in [4.69, 9.17) is 10.5 Å². The molecule has 0 amide bonds. The summed E-state index contributed by atoms with van der Waals surface area (Å²) in [6, 6.07) is 6.69. The van der Waals surface area contributed by atoms with E-state index in [-0.39, 0.29) is 17.8 Å². The molecule has 0 spiro atoms. The molecule has 3 heteroatoms. The number of nitrogens with two attached hydrogens (primary N) is 1. The van der Waals surface area contributed by atoms with Crippen molar-refractivity contribution in [2.24, 2.45) is 5.73 Å². The minimum atomic E-state index is -0.208. The zero-order chi connectivity index (χ0) is 9.97. The van der Waals surface area contributed by atoms with Crippen LogP contribution in [0.5, 0.6) is 0 Å². The van der Waals surface area contributed by atoms with Crippen molar-refractivity contribution in [3.8, 4) is 0 Å². The summed E-state index contributed by atoms with van der Waals surface area (Å²) in [6.45, 7) is 1.32. The van der Waals surface area contributed by atoms with E-state index in [1.165, 1.54) is 6.07 Å². The molecule has 1 saturated heterocycles. The van der Waals surface area contributed by atoms with Crippen LogP contribution in [0.25, 0.3) is 0 Å². The van der Waals surface area contributed by atoms with Crippen molar-refractivity contribution in [3.63, 3.8) is 0 Å². The van der Waals surface area contributed by atoms with Crippen LogP contribution in [0, 0.1) is 5.82 Å². The third-order valence-electron chi connectivity index (χ3n) is 2.69. The minimum Gasteiger partial charge on any atom is -0.381 e. The van der Waals surface area contributed by atoms with Gasteiger partial charge in [0, 0.05) is 18.6 Å². The Labute approximate surface area is 82.9 Å². The number of hydrogen-bond donors (Lipinski definition) is 1. The molecule has 1 fully saturated rings. The molecule has 2 unspecified atom stereocenters. The predicted octanol–water partition coefficient (Wildman–Crippen LogP) is 1.66. The third-order valence-corrected chi connectivity index (χ3v) is 2.69. The summed E-state index contributed by atoms with van der Waals surface area (Å²) in [5, 5.41) is 0. The van der Waals surface area contributed by atoms with E-state index < -0.39 is 0 Å². The van der Waals surface area contributed by atoms with Gasteiger partial charge in [0.2, 0.25) is 0 Å². The van der Waals surface area contributed by atoms with Crippen molar-refractivity contribution >= 4 is 0 Å². The summed E-state index contributed by atoms with van der Waals surface area (Å²) >= 11 is 0. The average Bonchev–Trinajstić information content (AvgIpc) is 2.18. The lowest BCUT2D eigenvalue weighted by atomic mass is 9.89. The molecule has 76 valence electrons. The predicted molar refractivity (Wildman–Crippen MR) is 52.6 cm³/mol. The van der Waals surface area contributed by atoms with E-state index >= 15 is 0 Å². The van der Waals surface area contributed by atoms with Gasteiger partial charge >= 0.3 is 0 Å². The minimum absolute atomic E-state index is 0.0885. The molecule has 2 rings (SSSR count). The molecular formula is C11H14FNO. The Kier molecular flexibility index (Phi) is 2.79. The largest absolute Gasteiger partial charge is 0.381 e. The summed E-state index contributed by atoms with van der Waals surface area (Å²) in [6.07, 6.45) is 0.848. The number of ether oxygens (including phenoxy) is 1. The van der Waals surface area contributed by atoms with Crippen LogP contribution in [0.2, 0.25) is 0 Å². The van der Waals surface area contributed by atoms with Crippen LogP contribution < -0.4 is 5.73 Å². The van der Waals surface area contributed by atoms with Crippen molar-refractivity contribution in [3.05, 3.63) is 35.6 Å². The summed E-state index contributed by atoms with van der Waals surface area (Å²) in [7, 11) is 0. The number of rotatable bonds is 1. The van der Waals surface area contributed by atoms with Gasteiger partial charge in [0.05, 0.1) is 6.61 Å². The Morgan fingerprint density at radius 1 is 1.43 bits per heavy atom. The smallest absolute Gasteiger partial charge is 0.123 e. The quantitative estimate of drug-likeness (QED) is 0.739. The van der Waals surface area contributed by atoms with Gasteiger partial charge in [-0.05, 0) is 24.1 Å². The van der Waals surface area contributed by atoms with Crippen molar-refractivity contribution in [1.29, 1.82) is 0 Å². The number of benzene rings is 1. The van der Waals surface area contributed by atoms with Crippen LogP contribution in [-0.2, 0) is 4.74 Å². The van der Waals surface area contributed by atoms with Crippen LogP contribution in [-0.4, -0.2) is 19.3 Å². The second-order valence-corrected chi connectivity index (χ2v) is 3.69. The second-order valence-electron chi connectivity index (χ2n) is 3.69. The molecular weight excluding hydrogens is 181 g/mol. The van der Waals surface area contributed by atoms with Crippen LogP contribution in [0.15, 0.2) is 24.3 Å². The molecule has 0 bridgehead atoms. The summed E-state index contributed by atoms with van der Waals surface area (Å²) in [4.78, 5) is 0.